The standard InChI is InChI=1S/C21H44NO2.ClH/c1-5-6-7-8-9-10-11-12-13-14-15-16-17-18-20(23)21(24)19-22(2,3)4;/h21,24H,5-19H2,1-4H3;1H/q+1;/p-1. The maximum Gasteiger partial charge on any atom is 0.167 e. The highest BCUT2D eigenvalue weighted by Gasteiger charge is 2.21. The Morgan fingerprint density at radius 3 is 1.48 bits per heavy atom. The van der Waals surface area contributed by atoms with Crippen LogP contribution in [0.15, 0.2) is 0 Å². The Kier molecular flexibility index (Phi) is 18.8. The molecule has 0 saturated carbocycles. The van der Waals surface area contributed by atoms with Crippen molar-refractivity contribution in [3.8, 4) is 0 Å². The normalized spacial score (nSPS) is 12.7. The molecule has 152 valence electrons. The van der Waals surface area contributed by atoms with Crippen LogP contribution in [0.3, 0.4) is 0 Å². The minimum atomic E-state index is -0.790. The lowest BCUT2D eigenvalue weighted by molar-refractivity contribution is -0.872. The molecule has 4 heteroatoms. The van der Waals surface area contributed by atoms with Crippen molar-refractivity contribution in [3.63, 3.8) is 0 Å². The van der Waals surface area contributed by atoms with Gasteiger partial charge in [0.1, 0.15) is 6.54 Å². The minimum absolute atomic E-state index is 0. The fourth-order valence-corrected chi connectivity index (χ4v) is 3.10. The van der Waals surface area contributed by atoms with E-state index in [0.717, 1.165) is 12.8 Å². The summed E-state index contributed by atoms with van der Waals surface area (Å²) in [6.07, 6.45) is 16.8. The van der Waals surface area contributed by atoms with Gasteiger partial charge in [-0.2, -0.15) is 0 Å². The Hall–Kier alpha value is -0.120. The van der Waals surface area contributed by atoms with Crippen molar-refractivity contribution < 1.29 is 26.8 Å². The van der Waals surface area contributed by atoms with Gasteiger partial charge in [0, 0.05) is 6.42 Å². The molecule has 1 N–H and O–H groups in total. The second-order valence-corrected chi connectivity index (χ2v) is 8.45. The average molecular weight is 378 g/mol. The molecule has 0 aromatic heterocycles. The molecule has 0 heterocycles. The van der Waals surface area contributed by atoms with Crippen LogP contribution in [0.4, 0.5) is 0 Å². The molecule has 0 aliphatic rings. The summed E-state index contributed by atoms with van der Waals surface area (Å²) in [4.78, 5) is 11.9. The monoisotopic (exact) mass is 377 g/mol. The molecule has 0 aliphatic heterocycles. The third-order valence-electron chi connectivity index (χ3n) is 4.62. The number of aliphatic hydroxyl groups is 1. The van der Waals surface area contributed by atoms with Gasteiger partial charge in [-0.1, -0.05) is 84.0 Å². The molecule has 1 atom stereocenters. The van der Waals surface area contributed by atoms with Gasteiger partial charge in [-0.05, 0) is 6.42 Å². The third kappa shape index (κ3) is 20.0. The summed E-state index contributed by atoms with van der Waals surface area (Å²) in [6.45, 7) is 2.78. The van der Waals surface area contributed by atoms with Crippen molar-refractivity contribution in [3.05, 3.63) is 0 Å². The van der Waals surface area contributed by atoms with E-state index < -0.39 is 6.10 Å². The second kappa shape index (κ2) is 17.3. The number of nitrogens with zero attached hydrogens (tertiary/aromatic N) is 1. The predicted octanol–water partition coefficient (Wildman–Crippen LogP) is 2.11. The summed E-state index contributed by atoms with van der Waals surface area (Å²) >= 11 is 0. The van der Waals surface area contributed by atoms with Gasteiger partial charge in [0.2, 0.25) is 0 Å². The lowest BCUT2D eigenvalue weighted by Crippen LogP contribution is -3.00. The average Bonchev–Trinajstić information content (AvgIpc) is 2.50. The summed E-state index contributed by atoms with van der Waals surface area (Å²) in [6, 6.07) is 0. The van der Waals surface area contributed by atoms with Gasteiger partial charge >= 0.3 is 0 Å². The number of likely N-dealkylation sites (N-methyl/N-ethyl adjacent to an activating group) is 1. The van der Waals surface area contributed by atoms with Crippen LogP contribution in [0.1, 0.15) is 96.8 Å². The van der Waals surface area contributed by atoms with Crippen molar-refractivity contribution >= 4 is 5.78 Å². The fourth-order valence-electron chi connectivity index (χ4n) is 3.10. The zero-order valence-corrected chi connectivity index (χ0v) is 18.1. The molecule has 0 saturated heterocycles. The molecule has 0 radical (unpaired) electrons. The smallest absolute Gasteiger partial charge is 0.167 e. The SMILES string of the molecule is CCCCCCCCCCCCCCCC(=O)C(O)C[N+](C)(C)C.[Cl-]. The zero-order valence-electron chi connectivity index (χ0n) is 17.4. The molecule has 0 aliphatic carbocycles. The molecular weight excluding hydrogens is 334 g/mol. The Labute approximate surface area is 163 Å². The van der Waals surface area contributed by atoms with Crippen LogP contribution in [0.5, 0.6) is 0 Å². The number of carbonyl (C=O) groups excluding carboxylic acids is 1. The molecule has 25 heavy (non-hydrogen) atoms. The maximum atomic E-state index is 11.9. The topological polar surface area (TPSA) is 37.3 Å². The number of quaternary nitrogens is 1. The Morgan fingerprint density at radius 2 is 1.12 bits per heavy atom. The zero-order chi connectivity index (χ0) is 18.3. The number of aliphatic hydroxyl groups excluding tert-OH is 1. The lowest BCUT2D eigenvalue weighted by Gasteiger charge is -2.26. The van der Waals surface area contributed by atoms with Crippen LogP contribution in [0.25, 0.3) is 0 Å². The lowest BCUT2D eigenvalue weighted by atomic mass is 10.0. The number of unbranched alkanes of at least 4 members (excludes halogenated alkanes) is 12. The molecule has 0 amide bonds. The molecule has 0 aromatic carbocycles. The number of Topliss-reactive ketones (excluding diaryl/α,β-unsaturated/α-hetero) is 1. The molecule has 0 rings (SSSR count). The first-order chi connectivity index (χ1) is 11.4. The van der Waals surface area contributed by atoms with E-state index >= 15 is 0 Å². The first-order valence-electron chi connectivity index (χ1n) is 10.4. The highest BCUT2D eigenvalue weighted by Crippen LogP contribution is 2.13. The van der Waals surface area contributed by atoms with Crippen LogP contribution < -0.4 is 12.4 Å². The largest absolute Gasteiger partial charge is 1.00 e. The Morgan fingerprint density at radius 1 is 0.760 bits per heavy atom. The van der Waals surface area contributed by atoms with E-state index in [9.17, 15) is 9.90 Å². The summed E-state index contributed by atoms with van der Waals surface area (Å²) in [7, 11) is 6.01. The number of ketones is 1. The van der Waals surface area contributed by atoms with Gasteiger partial charge in [0.25, 0.3) is 0 Å². The molecule has 0 bridgehead atoms. The molecule has 1 unspecified atom stereocenters. The maximum absolute atomic E-state index is 11.9. The van der Waals surface area contributed by atoms with Crippen LogP contribution in [-0.4, -0.2) is 49.2 Å². The van der Waals surface area contributed by atoms with E-state index in [1.165, 1.54) is 70.6 Å². The van der Waals surface area contributed by atoms with Crippen LogP contribution in [0, 0.1) is 0 Å². The molecule has 0 fully saturated rings. The van der Waals surface area contributed by atoms with Gasteiger partial charge in [0.05, 0.1) is 21.1 Å². The number of carbonyl (C=O) groups is 1. The number of rotatable bonds is 17. The molecule has 0 spiro atoms. The minimum Gasteiger partial charge on any atom is -1.00 e. The summed E-state index contributed by atoms with van der Waals surface area (Å²) in [5, 5.41) is 9.88. The summed E-state index contributed by atoms with van der Waals surface area (Å²) in [5.74, 6) is 0.0196. The van der Waals surface area contributed by atoms with Crippen LogP contribution in [-0.2, 0) is 4.79 Å². The van der Waals surface area contributed by atoms with Gasteiger partial charge < -0.3 is 22.0 Å². The highest BCUT2D eigenvalue weighted by molar-refractivity contribution is 5.82. The van der Waals surface area contributed by atoms with Crippen molar-refractivity contribution in [1.29, 1.82) is 0 Å². The van der Waals surface area contributed by atoms with Crippen LogP contribution >= 0.6 is 0 Å². The van der Waals surface area contributed by atoms with E-state index in [4.69, 9.17) is 0 Å². The van der Waals surface area contributed by atoms with Crippen molar-refractivity contribution in [2.24, 2.45) is 0 Å². The predicted molar refractivity (Wildman–Crippen MR) is 104 cm³/mol. The van der Waals surface area contributed by atoms with E-state index in [2.05, 4.69) is 6.92 Å². The Bertz CT molecular complexity index is 303. The van der Waals surface area contributed by atoms with Crippen molar-refractivity contribution in [1.82, 2.24) is 0 Å². The number of halogens is 1. The van der Waals surface area contributed by atoms with Gasteiger partial charge in [-0.3, -0.25) is 4.79 Å². The first kappa shape index (κ1) is 27.1. The van der Waals surface area contributed by atoms with E-state index in [0.29, 0.717) is 17.4 Å². The van der Waals surface area contributed by atoms with Crippen molar-refractivity contribution in [2.45, 2.75) is 103 Å². The molecule has 3 nitrogen and oxygen atoms in total. The fraction of sp³-hybridized carbons (Fsp3) is 0.952. The third-order valence-corrected chi connectivity index (χ3v) is 4.62. The van der Waals surface area contributed by atoms with Crippen LogP contribution in [0.2, 0.25) is 0 Å². The highest BCUT2D eigenvalue weighted by atomic mass is 35.5. The quantitative estimate of drug-likeness (QED) is 0.311. The molecule has 0 aromatic rings. The van der Waals surface area contributed by atoms with Gasteiger partial charge in [0.15, 0.2) is 11.9 Å². The summed E-state index contributed by atoms with van der Waals surface area (Å²) < 4.78 is 0.630. The second-order valence-electron chi connectivity index (χ2n) is 8.45. The van der Waals surface area contributed by atoms with E-state index in [-0.39, 0.29) is 18.2 Å². The van der Waals surface area contributed by atoms with Gasteiger partial charge in [-0.25, -0.2) is 0 Å². The Balaban J connectivity index is 0. The first-order valence-corrected chi connectivity index (χ1v) is 10.4. The number of hydrogen-bond acceptors (Lipinski definition) is 2. The van der Waals surface area contributed by atoms with Gasteiger partial charge in [-0.15, -0.1) is 0 Å². The molecular formula is C21H44ClNO2. The van der Waals surface area contributed by atoms with E-state index in [1.807, 2.05) is 21.1 Å². The van der Waals surface area contributed by atoms with E-state index in [1.54, 1.807) is 0 Å². The summed E-state index contributed by atoms with van der Waals surface area (Å²) in [5.41, 5.74) is 0. The number of hydrogen-bond donors (Lipinski definition) is 1. The van der Waals surface area contributed by atoms with Crippen molar-refractivity contribution in [2.75, 3.05) is 27.7 Å².